The van der Waals surface area contributed by atoms with Crippen molar-refractivity contribution in [1.29, 1.82) is 0 Å². The molecule has 8 heteroatoms. The number of aliphatic hydroxyl groups is 1. The maximum Gasteiger partial charge on any atom is 0.408 e. The summed E-state index contributed by atoms with van der Waals surface area (Å²) in [5, 5.41) is 17.5. The Morgan fingerprint density at radius 3 is 1.93 bits per heavy atom. The van der Waals surface area contributed by atoms with E-state index in [1.54, 1.807) is 27.7 Å². The van der Waals surface area contributed by atoms with Crippen LogP contribution in [0.3, 0.4) is 0 Å². The SMILES string of the molecule is CC(C)(C)OC(=O)N[C@@H](Cc1ccccc1)C(=O)NC(=O)[C@@](C)(Cc1ccccc1)NCCCCCCCCO. The fourth-order valence-electron chi connectivity index (χ4n) is 4.38. The van der Waals surface area contributed by atoms with Gasteiger partial charge in [-0.1, -0.05) is 86.3 Å². The summed E-state index contributed by atoms with van der Waals surface area (Å²) in [4.78, 5) is 39.6. The van der Waals surface area contributed by atoms with Gasteiger partial charge in [-0.3, -0.25) is 14.9 Å². The Kier molecular flexibility index (Phi) is 13.8. The second-order valence-electron chi connectivity index (χ2n) is 11.5. The second kappa shape index (κ2) is 16.8. The average molecular weight is 554 g/mol. The molecule has 8 nitrogen and oxygen atoms in total. The Morgan fingerprint density at radius 2 is 1.35 bits per heavy atom. The quantitative estimate of drug-likeness (QED) is 0.224. The van der Waals surface area contributed by atoms with Crippen molar-refractivity contribution in [2.24, 2.45) is 0 Å². The van der Waals surface area contributed by atoms with Crippen LogP contribution in [0.4, 0.5) is 4.79 Å². The van der Waals surface area contributed by atoms with Gasteiger partial charge in [-0.2, -0.15) is 0 Å². The summed E-state index contributed by atoms with van der Waals surface area (Å²) in [5.41, 5.74) is 0.0362. The maximum absolute atomic E-state index is 13.6. The Bertz CT molecular complexity index is 1040. The molecule has 0 fully saturated rings. The van der Waals surface area contributed by atoms with E-state index in [1.807, 2.05) is 60.7 Å². The fraction of sp³-hybridized carbons (Fsp3) is 0.531. The Balaban J connectivity index is 2.11. The Labute approximate surface area is 239 Å². The molecule has 0 aliphatic heterocycles. The number of alkyl carbamates (subject to hydrolysis) is 1. The molecule has 40 heavy (non-hydrogen) atoms. The molecule has 0 unspecified atom stereocenters. The van der Waals surface area contributed by atoms with Crippen molar-refractivity contribution in [2.75, 3.05) is 13.2 Å². The Hall–Kier alpha value is -3.23. The third-order valence-electron chi connectivity index (χ3n) is 6.53. The average Bonchev–Trinajstić information content (AvgIpc) is 2.90. The summed E-state index contributed by atoms with van der Waals surface area (Å²) in [6.07, 6.45) is 5.77. The van der Waals surface area contributed by atoms with Crippen LogP contribution in [0.15, 0.2) is 60.7 Å². The van der Waals surface area contributed by atoms with E-state index in [1.165, 1.54) is 0 Å². The second-order valence-corrected chi connectivity index (χ2v) is 11.5. The summed E-state index contributed by atoms with van der Waals surface area (Å²) in [5.74, 6) is -1.04. The summed E-state index contributed by atoms with van der Waals surface area (Å²) >= 11 is 0. The zero-order valence-electron chi connectivity index (χ0n) is 24.5. The van der Waals surface area contributed by atoms with Gasteiger partial charge in [-0.25, -0.2) is 4.79 Å². The molecule has 0 heterocycles. The minimum Gasteiger partial charge on any atom is -0.444 e. The van der Waals surface area contributed by atoms with Gasteiger partial charge >= 0.3 is 6.09 Å². The first-order valence-corrected chi connectivity index (χ1v) is 14.3. The smallest absolute Gasteiger partial charge is 0.408 e. The van der Waals surface area contributed by atoms with E-state index in [4.69, 9.17) is 9.84 Å². The molecule has 0 saturated heterocycles. The van der Waals surface area contributed by atoms with Gasteiger partial charge in [0, 0.05) is 13.0 Å². The van der Waals surface area contributed by atoms with Gasteiger partial charge in [0.1, 0.15) is 11.6 Å². The molecule has 0 aliphatic rings. The fourth-order valence-corrected chi connectivity index (χ4v) is 4.38. The van der Waals surface area contributed by atoms with Crippen LogP contribution in [0.25, 0.3) is 0 Å². The Morgan fingerprint density at radius 1 is 0.800 bits per heavy atom. The monoisotopic (exact) mass is 553 g/mol. The molecular weight excluding hydrogens is 506 g/mol. The van der Waals surface area contributed by atoms with Gasteiger partial charge in [-0.05, 0) is 64.6 Å². The lowest BCUT2D eigenvalue weighted by Crippen LogP contribution is -2.60. The van der Waals surface area contributed by atoms with Crippen molar-refractivity contribution in [1.82, 2.24) is 16.0 Å². The highest BCUT2D eigenvalue weighted by molar-refractivity contribution is 6.02. The molecule has 4 N–H and O–H groups in total. The normalized spacial score (nSPS) is 13.6. The van der Waals surface area contributed by atoms with E-state index < -0.39 is 35.1 Å². The lowest BCUT2D eigenvalue weighted by molar-refractivity contribution is -0.135. The van der Waals surface area contributed by atoms with Crippen LogP contribution in [0, 0.1) is 0 Å². The number of rotatable bonds is 16. The van der Waals surface area contributed by atoms with Crippen LogP contribution in [0.5, 0.6) is 0 Å². The number of imide groups is 1. The molecule has 2 aromatic carbocycles. The van der Waals surface area contributed by atoms with E-state index in [0.29, 0.717) is 13.0 Å². The minimum atomic E-state index is -1.04. The highest BCUT2D eigenvalue weighted by Gasteiger charge is 2.36. The van der Waals surface area contributed by atoms with Crippen molar-refractivity contribution in [3.05, 3.63) is 71.8 Å². The molecular formula is C32H47N3O5. The number of carbonyl (C=O) groups excluding carboxylic acids is 3. The van der Waals surface area contributed by atoms with Crippen LogP contribution >= 0.6 is 0 Å². The molecule has 0 spiro atoms. The number of nitrogens with one attached hydrogen (secondary N) is 3. The van der Waals surface area contributed by atoms with Crippen LogP contribution in [-0.2, 0) is 27.2 Å². The van der Waals surface area contributed by atoms with E-state index in [2.05, 4.69) is 16.0 Å². The first kappa shape index (κ1) is 33.0. The van der Waals surface area contributed by atoms with Gasteiger partial charge < -0.3 is 20.5 Å². The van der Waals surface area contributed by atoms with Gasteiger partial charge in [-0.15, -0.1) is 0 Å². The van der Waals surface area contributed by atoms with Crippen LogP contribution < -0.4 is 16.0 Å². The zero-order valence-corrected chi connectivity index (χ0v) is 24.5. The summed E-state index contributed by atoms with van der Waals surface area (Å²) in [6, 6.07) is 18.0. The number of carbonyl (C=O) groups is 3. The molecule has 2 rings (SSSR count). The van der Waals surface area contributed by atoms with Crippen LogP contribution in [0.1, 0.15) is 77.3 Å². The summed E-state index contributed by atoms with van der Waals surface area (Å²) in [7, 11) is 0. The molecule has 0 radical (unpaired) electrons. The number of unbranched alkanes of at least 4 members (excludes halogenated alkanes) is 5. The lowest BCUT2D eigenvalue weighted by Gasteiger charge is -2.31. The molecule has 0 aliphatic carbocycles. The highest BCUT2D eigenvalue weighted by atomic mass is 16.6. The molecule has 0 saturated carbocycles. The topological polar surface area (TPSA) is 117 Å². The van der Waals surface area contributed by atoms with E-state index in [9.17, 15) is 14.4 Å². The molecule has 220 valence electrons. The van der Waals surface area contributed by atoms with Gasteiger partial charge in [0.15, 0.2) is 0 Å². The van der Waals surface area contributed by atoms with Crippen molar-refractivity contribution in [2.45, 2.75) is 96.2 Å². The minimum absolute atomic E-state index is 0.207. The van der Waals surface area contributed by atoms with Crippen LogP contribution in [-0.4, -0.2) is 53.3 Å². The van der Waals surface area contributed by atoms with Gasteiger partial charge in [0.2, 0.25) is 11.8 Å². The van der Waals surface area contributed by atoms with Crippen molar-refractivity contribution in [3.63, 3.8) is 0 Å². The van der Waals surface area contributed by atoms with Crippen LogP contribution in [0.2, 0.25) is 0 Å². The summed E-state index contributed by atoms with van der Waals surface area (Å²) in [6.45, 7) is 7.90. The first-order chi connectivity index (χ1) is 19.0. The molecule has 2 atom stereocenters. The van der Waals surface area contributed by atoms with Crippen molar-refractivity contribution >= 4 is 17.9 Å². The summed E-state index contributed by atoms with van der Waals surface area (Å²) < 4.78 is 5.37. The molecule has 2 aromatic rings. The highest BCUT2D eigenvalue weighted by Crippen LogP contribution is 2.16. The largest absolute Gasteiger partial charge is 0.444 e. The van der Waals surface area contributed by atoms with E-state index in [0.717, 1.165) is 49.7 Å². The van der Waals surface area contributed by atoms with E-state index in [-0.39, 0.29) is 13.0 Å². The predicted molar refractivity (Wildman–Crippen MR) is 158 cm³/mol. The van der Waals surface area contributed by atoms with Gasteiger partial charge in [0.25, 0.3) is 0 Å². The predicted octanol–water partition coefficient (Wildman–Crippen LogP) is 4.69. The first-order valence-electron chi connectivity index (χ1n) is 14.3. The lowest BCUT2D eigenvalue weighted by atomic mass is 9.91. The zero-order chi connectivity index (χ0) is 29.4. The molecule has 3 amide bonds. The third-order valence-corrected chi connectivity index (χ3v) is 6.53. The molecule has 0 bridgehead atoms. The molecule has 0 aromatic heterocycles. The third kappa shape index (κ3) is 12.7. The number of hydrogen-bond acceptors (Lipinski definition) is 6. The van der Waals surface area contributed by atoms with Crippen molar-refractivity contribution < 1.29 is 24.2 Å². The standard InChI is InChI=1S/C32H47N3O5/c1-31(2,3)40-30(39)34-27(23-25-17-11-9-12-18-25)28(37)35-29(38)32(4,24-26-19-13-10-14-20-26)33-21-15-7-5-6-8-16-22-36/h9-14,17-20,27,33,36H,5-8,15-16,21-24H2,1-4H3,(H,34,39)(H,35,37,38)/t27-,32+/m0/s1. The van der Waals surface area contributed by atoms with Crippen molar-refractivity contribution in [3.8, 4) is 0 Å². The van der Waals surface area contributed by atoms with E-state index >= 15 is 0 Å². The van der Waals surface area contributed by atoms with Gasteiger partial charge in [0.05, 0.1) is 5.54 Å². The number of amides is 3. The number of benzene rings is 2. The maximum atomic E-state index is 13.6. The number of ether oxygens (including phenoxy) is 1. The number of hydrogen-bond donors (Lipinski definition) is 4. The number of aliphatic hydroxyl groups excluding tert-OH is 1.